The maximum absolute atomic E-state index is 4.57. The zero-order chi connectivity index (χ0) is 40.6. The summed E-state index contributed by atoms with van der Waals surface area (Å²) in [7, 11) is 0. The molecule has 8 aromatic carbocycles. The molecule has 2 aliphatic carbocycles. The molecule has 0 atom stereocenters. The lowest BCUT2D eigenvalue weighted by molar-refractivity contribution is 0.660. The van der Waals surface area contributed by atoms with Crippen LogP contribution in [0.1, 0.15) is 49.9 Å². The van der Waals surface area contributed by atoms with Crippen molar-refractivity contribution < 1.29 is 0 Å². The van der Waals surface area contributed by atoms with E-state index in [1.807, 2.05) is 18.5 Å². The number of hydrogen-bond donors (Lipinski definition) is 0. The van der Waals surface area contributed by atoms with E-state index >= 15 is 0 Å². The van der Waals surface area contributed by atoms with Gasteiger partial charge in [-0.05, 0) is 130 Å². The summed E-state index contributed by atoms with van der Waals surface area (Å²) >= 11 is 0. The van der Waals surface area contributed by atoms with Crippen LogP contribution in [-0.2, 0) is 10.8 Å². The quantitative estimate of drug-likeness (QED) is 0.168. The lowest BCUT2D eigenvalue weighted by Crippen LogP contribution is -2.15. The molecule has 0 N–H and O–H groups in total. The summed E-state index contributed by atoms with van der Waals surface area (Å²) < 4.78 is 0. The minimum absolute atomic E-state index is 0.131. The van der Waals surface area contributed by atoms with Gasteiger partial charge in [0.2, 0.25) is 0 Å². The fraction of sp³-hybridized carbons (Fsp3) is 0.103. The highest BCUT2D eigenvalue weighted by Gasteiger charge is 2.37. The largest absolute Gasteiger partial charge is 0.237 e. The molecule has 0 unspecified atom stereocenters. The Hall–Kier alpha value is -7.16. The van der Waals surface area contributed by atoms with Crippen LogP contribution in [0.15, 0.2) is 194 Å². The third kappa shape index (κ3) is 5.70. The van der Waals surface area contributed by atoms with Gasteiger partial charge >= 0.3 is 0 Å². The van der Waals surface area contributed by atoms with E-state index in [1.54, 1.807) is 0 Å². The smallest absolute Gasteiger partial charge is 0.159 e. The zero-order valence-electron chi connectivity index (χ0n) is 34.4. The number of benzene rings is 8. The Morgan fingerprint density at radius 2 is 0.600 bits per heavy atom. The van der Waals surface area contributed by atoms with Gasteiger partial charge in [-0.15, -0.1) is 0 Å². The maximum Gasteiger partial charge on any atom is 0.159 e. The summed E-state index contributed by atoms with van der Waals surface area (Å²) in [4.78, 5) is 9.13. The standard InChI is InChI=1S/C58H44N2/c1-57(2)52-33-40(23-27-47(52)49-29-25-42(35-54(49)57)45-16-9-8-15-44(45)39-13-6-5-7-14-39)37-19-21-38(22-20-37)41-24-28-48-50-30-26-43(36-55(50)58(3,4)53(48)34-41)46-17-10-11-18-51(46)56-59-31-12-32-60-56/h5-36H,1-4H3. The van der Waals surface area contributed by atoms with Gasteiger partial charge in [0.15, 0.2) is 5.82 Å². The topological polar surface area (TPSA) is 25.8 Å². The summed E-state index contributed by atoms with van der Waals surface area (Å²) in [5.74, 6) is 0.744. The summed E-state index contributed by atoms with van der Waals surface area (Å²) in [6.07, 6.45) is 3.61. The molecule has 0 bridgehead atoms. The van der Waals surface area contributed by atoms with Gasteiger partial charge in [0.25, 0.3) is 0 Å². The van der Waals surface area contributed by atoms with Crippen molar-refractivity contribution in [3.63, 3.8) is 0 Å². The fourth-order valence-electron chi connectivity index (χ4n) is 10.00. The van der Waals surface area contributed by atoms with Gasteiger partial charge < -0.3 is 0 Å². The summed E-state index contributed by atoms with van der Waals surface area (Å²) in [6, 6.07) is 67.0. The molecule has 60 heavy (non-hydrogen) atoms. The van der Waals surface area contributed by atoms with Crippen LogP contribution in [0.5, 0.6) is 0 Å². The Kier molecular flexibility index (Phi) is 8.22. The third-order valence-electron chi connectivity index (χ3n) is 13.3. The first kappa shape index (κ1) is 36.0. The highest BCUT2D eigenvalue weighted by molar-refractivity contribution is 5.91. The lowest BCUT2D eigenvalue weighted by atomic mass is 9.80. The number of rotatable bonds is 6. The molecule has 2 nitrogen and oxygen atoms in total. The van der Waals surface area contributed by atoms with Crippen LogP contribution in [0, 0.1) is 0 Å². The van der Waals surface area contributed by atoms with Crippen LogP contribution < -0.4 is 0 Å². The molecular weight excluding hydrogens is 725 g/mol. The second-order valence-corrected chi connectivity index (χ2v) is 17.4. The molecule has 286 valence electrons. The zero-order valence-corrected chi connectivity index (χ0v) is 34.4. The molecule has 1 heterocycles. The van der Waals surface area contributed by atoms with Crippen LogP contribution >= 0.6 is 0 Å². The predicted molar refractivity (Wildman–Crippen MR) is 250 cm³/mol. The molecule has 1 aromatic heterocycles. The van der Waals surface area contributed by atoms with Gasteiger partial charge in [-0.3, -0.25) is 0 Å². The average molecular weight is 769 g/mol. The average Bonchev–Trinajstić information content (AvgIpc) is 3.67. The van der Waals surface area contributed by atoms with Crippen molar-refractivity contribution in [2.24, 2.45) is 0 Å². The van der Waals surface area contributed by atoms with Crippen molar-refractivity contribution in [3.05, 3.63) is 217 Å². The Bertz CT molecular complexity index is 2910. The SMILES string of the molecule is CC1(C)c2cc(-c3ccc(-c4ccc5c(c4)C(C)(C)c4cc(-c6ccccc6-c6ncccn6)ccc4-5)cc3)ccc2-c2ccc(-c3ccccc3-c3ccccc3)cc21. The minimum Gasteiger partial charge on any atom is -0.237 e. The molecule has 0 saturated heterocycles. The molecule has 0 spiro atoms. The van der Waals surface area contributed by atoms with Crippen LogP contribution in [0.2, 0.25) is 0 Å². The van der Waals surface area contributed by atoms with Crippen LogP contribution in [0.4, 0.5) is 0 Å². The van der Waals surface area contributed by atoms with E-state index in [0.29, 0.717) is 0 Å². The van der Waals surface area contributed by atoms with Crippen LogP contribution in [-0.4, -0.2) is 9.97 Å². The Morgan fingerprint density at radius 1 is 0.267 bits per heavy atom. The van der Waals surface area contributed by atoms with Crippen molar-refractivity contribution in [1.29, 1.82) is 0 Å². The van der Waals surface area contributed by atoms with Gasteiger partial charge in [0.1, 0.15) is 0 Å². The van der Waals surface area contributed by atoms with E-state index in [9.17, 15) is 0 Å². The number of nitrogens with zero attached hydrogens (tertiary/aromatic N) is 2. The van der Waals surface area contributed by atoms with E-state index in [4.69, 9.17) is 0 Å². The van der Waals surface area contributed by atoms with Crippen molar-refractivity contribution in [2.45, 2.75) is 38.5 Å². The second-order valence-electron chi connectivity index (χ2n) is 17.4. The fourth-order valence-corrected chi connectivity index (χ4v) is 10.00. The van der Waals surface area contributed by atoms with E-state index < -0.39 is 0 Å². The Morgan fingerprint density at radius 3 is 1.05 bits per heavy atom. The van der Waals surface area contributed by atoms with Gasteiger partial charge in [-0.2, -0.15) is 0 Å². The van der Waals surface area contributed by atoms with Gasteiger partial charge in [0, 0.05) is 28.8 Å². The van der Waals surface area contributed by atoms with Crippen molar-refractivity contribution in [2.75, 3.05) is 0 Å². The summed E-state index contributed by atoms with van der Waals surface area (Å²) in [5.41, 5.74) is 23.8. The molecule has 0 amide bonds. The number of hydrogen-bond acceptors (Lipinski definition) is 2. The van der Waals surface area contributed by atoms with Crippen molar-refractivity contribution >= 4 is 0 Å². The van der Waals surface area contributed by atoms with E-state index in [2.05, 4.69) is 214 Å². The van der Waals surface area contributed by atoms with Gasteiger partial charge in [0.05, 0.1) is 0 Å². The Balaban J connectivity index is 0.876. The first-order valence-electron chi connectivity index (χ1n) is 21.0. The molecule has 0 aliphatic heterocycles. The summed E-state index contributed by atoms with van der Waals surface area (Å²) in [5, 5.41) is 0. The van der Waals surface area contributed by atoms with Gasteiger partial charge in [-0.25, -0.2) is 9.97 Å². The molecule has 0 saturated carbocycles. The monoisotopic (exact) mass is 768 g/mol. The highest BCUT2D eigenvalue weighted by atomic mass is 14.9. The molecule has 0 radical (unpaired) electrons. The summed E-state index contributed by atoms with van der Waals surface area (Å²) in [6.45, 7) is 9.48. The first-order chi connectivity index (χ1) is 29.3. The lowest BCUT2D eigenvalue weighted by Gasteiger charge is -2.23. The third-order valence-corrected chi connectivity index (χ3v) is 13.3. The van der Waals surface area contributed by atoms with E-state index in [1.165, 1.54) is 94.6 Å². The van der Waals surface area contributed by atoms with Crippen molar-refractivity contribution in [1.82, 2.24) is 9.97 Å². The minimum atomic E-state index is -0.157. The maximum atomic E-state index is 4.57. The van der Waals surface area contributed by atoms with E-state index in [-0.39, 0.29) is 10.8 Å². The molecule has 2 aliphatic rings. The molecule has 2 heteroatoms. The van der Waals surface area contributed by atoms with E-state index in [0.717, 1.165) is 17.0 Å². The first-order valence-corrected chi connectivity index (χ1v) is 21.0. The van der Waals surface area contributed by atoms with Gasteiger partial charge in [-0.1, -0.05) is 179 Å². The Labute approximate surface area is 353 Å². The predicted octanol–water partition coefficient (Wildman–Crippen LogP) is 15.1. The normalized spacial score (nSPS) is 13.9. The highest BCUT2D eigenvalue weighted by Crippen LogP contribution is 2.53. The molecular formula is C58H44N2. The van der Waals surface area contributed by atoms with Crippen LogP contribution in [0.3, 0.4) is 0 Å². The number of fused-ring (bicyclic) bond motifs is 6. The number of aromatic nitrogens is 2. The van der Waals surface area contributed by atoms with Crippen molar-refractivity contribution in [3.8, 4) is 89.3 Å². The van der Waals surface area contributed by atoms with Crippen LogP contribution in [0.25, 0.3) is 89.3 Å². The molecule has 0 fully saturated rings. The molecule has 9 aromatic rings. The second kappa shape index (κ2) is 13.7. The molecule has 11 rings (SSSR count).